The second-order valence-electron chi connectivity index (χ2n) is 4.43. The van der Waals surface area contributed by atoms with Gasteiger partial charge in [0.05, 0.1) is 12.0 Å². The molecule has 0 aliphatic rings. The Morgan fingerprint density at radius 3 is 2.05 bits per heavy atom. The van der Waals surface area contributed by atoms with Gasteiger partial charge in [-0.3, -0.25) is 4.79 Å². The Labute approximate surface area is 118 Å². The summed E-state index contributed by atoms with van der Waals surface area (Å²) in [6.07, 6.45) is -4.45. The molecule has 21 heavy (non-hydrogen) atoms. The molecule has 0 aliphatic carbocycles. The van der Waals surface area contributed by atoms with Gasteiger partial charge in [0.25, 0.3) is 0 Å². The van der Waals surface area contributed by atoms with E-state index in [2.05, 4.69) is 5.32 Å². The Kier molecular flexibility index (Phi) is 4.26. The molecule has 0 atom stereocenters. The molecule has 0 heterocycles. The van der Waals surface area contributed by atoms with Gasteiger partial charge in [0.2, 0.25) is 5.91 Å². The molecule has 2 nitrogen and oxygen atoms in total. The zero-order chi connectivity index (χ0) is 15.5. The first-order valence-corrected chi connectivity index (χ1v) is 6.06. The maximum absolute atomic E-state index is 12.7. The van der Waals surface area contributed by atoms with E-state index in [9.17, 15) is 22.4 Å². The van der Waals surface area contributed by atoms with Crippen LogP contribution in [0.5, 0.6) is 0 Å². The Balaban J connectivity index is 1.98. The van der Waals surface area contributed by atoms with Crippen molar-refractivity contribution in [2.45, 2.75) is 12.6 Å². The molecule has 2 aromatic carbocycles. The summed E-state index contributed by atoms with van der Waals surface area (Å²) < 4.78 is 49.9. The molecule has 0 fully saturated rings. The van der Waals surface area contributed by atoms with Crippen LogP contribution in [0.25, 0.3) is 0 Å². The normalized spacial score (nSPS) is 11.2. The molecule has 0 spiro atoms. The third-order valence-electron chi connectivity index (χ3n) is 2.77. The predicted molar refractivity (Wildman–Crippen MR) is 70.2 cm³/mol. The van der Waals surface area contributed by atoms with Crippen molar-refractivity contribution in [3.8, 4) is 0 Å². The summed E-state index contributed by atoms with van der Waals surface area (Å²) in [5, 5.41) is 2.53. The van der Waals surface area contributed by atoms with E-state index in [1.807, 2.05) is 0 Å². The van der Waals surface area contributed by atoms with Gasteiger partial charge in [-0.1, -0.05) is 12.1 Å². The van der Waals surface area contributed by atoms with Crippen LogP contribution >= 0.6 is 0 Å². The molecular weight excluding hydrogens is 286 g/mol. The van der Waals surface area contributed by atoms with Gasteiger partial charge in [-0.25, -0.2) is 4.39 Å². The van der Waals surface area contributed by atoms with Gasteiger partial charge >= 0.3 is 6.18 Å². The SMILES string of the molecule is O=C(Cc1ccc(C(F)(F)F)cc1)Nc1ccc(F)cc1. The van der Waals surface area contributed by atoms with E-state index in [4.69, 9.17) is 0 Å². The molecule has 0 bridgehead atoms. The number of amides is 1. The highest BCUT2D eigenvalue weighted by molar-refractivity contribution is 5.92. The summed E-state index contributed by atoms with van der Waals surface area (Å²) >= 11 is 0. The Bertz CT molecular complexity index is 618. The highest BCUT2D eigenvalue weighted by Gasteiger charge is 2.29. The molecule has 2 rings (SSSR count). The van der Waals surface area contributed by atoms with Crippen molar-refractivity contribution in [3.05, 3.63) is 65.5 Å². The minimum absolute atomic E-state index is 0.0600. The monoisotopic (exact) mass is 297 g/mol. The number of hydrogen-bond donors (Lipinski definition) is 1. The lowest BCUT2D eigenvalue weighted by atomic mass is 10.1. The zero-order valence-electron chi connectivity index (χ0n) is 10.7. The van der Waals surface area contributed by atoms with E-state index in [-0.39, 0.29) is 12.3 Å². The van der Waals surface area contributed by atoms with Crippen molar-refractivity contribution >= 4 is 11.6 Å². The van der Waals surface area contributed by atoms with Crippen LogP contribution in [-0.2, 0) is 17.4 Å². The van der Waals surface area contributed by atoms with Crippen LogP contribution < -0.4 is 5.32 Å². The average molecular weight is 297 g/mol. The number of hydrogen-bond acceptors (Lipinski definition) is 1. The third kappa shape index (κ3) is 4.30. The first kappa shape index (κ1) is 15.0. The number of carbonyl (C=O) groups is 1. The minimum Gasteiger partial charge on any atom is -0.326 e. The second-order valence-corrected chi connectivity index (χ2v) is 4.43. The lowest BCUT2D eigenvalue weighted by Crippen LogP contribution is -2.14. The molecule has 110 valence electrons. The van der Waals surface area contributed by atoms with Crippen LogP contribution in [0, 0.1) is 5.82 Å². The van der Waals surface area contributed by atoms with Crippen LogP contribution in [0.1, 0.15) is 11.1 Å². The first-order chi connectivity index (χ1) is 9.84. The first-order valence-electron chi connectivity index (χ1n) is 6.06. The van der Waals surface area contributed by atoms with Crippen LogP contribution in [0.15, 0.2) is 48.5 Å². The van der Waals surface area contributed by atoms with E-state index in [1.165, 1.54) is 36.4 Å². The summed E-state index contributed by atoms with van der Waals surface area (Å²) in [6.45, 7) is 0. The average Bonchev–Trinajstić information content (AvgIpc) is 2.41. The zero-order valence-corrected chi connectivity index (χ0v) is 10.7. The molecule has 0 radical (unpaired) electrons. The molecule has 6 heteroatoms. The number of benzene rings is 2. The maximum atomic E-state index is 12.7. The lowest BCUT2D eigenvalue weighted by molar-refractivity contribution is -0.137. The van der Waals surface area contributed by atoms with Crippen LogP contribution in [0.2, 0.25) is 0 Å². The number of halogens is 4. The highest BCUT2D eigenvalue weighted by atomic mass is 19.4. The quantitative estimate of drug-likeness (QED) is 0.852. The Hall–Kier alpha value is -2.37. The van der Waals surface area contributed by atoms with Gasteiger partial charge in [0.15, 0.2) is 0 Å². The fraction of sp³-hybridized carbons (Fsp3) is 0.133. The van der Waals surface area contributed by atoms with E-state index >= 15 is 0 Å². The molecule has 2 aromatic rings. The number of alkyl halides is 3. The van der Waals surface area contributed by atoms with Gasteiger partial charge in [-0.2, -0.15) is 13.2 Å². The van der Waals surface area contributed by atoms with Gasteiger partial charge in [-0.05, 0) is 42.0 Å². The molecule has 1 amide bonds. The standard InChI is InChI=1S/C15H11F4NO/c16-12-5-7-13(8-6-12)20-14(21)9-10-1-3-11(4-2-10)15(17,18)19/h1-8H,9H2,(H,20,21). The number of carbonyl (C=O) groups excluding carboxylic acids is 1. The molecule has 0 unspecified atom stereocenters. The second kappa shape index (κ2) is 5.95. The van der Waals surface area contributed by atoms with Gasteiger partial charge < -0.3 is 5.32 Å². The maximum Gasteiger partial charge on any atom is 0.416 e. The Morgan fingerprint density at radius 1 is 0.952 bits per heavy atom. The molecular formula is C15H11F4NO. The van der Waals surface area contributed by atoms with E-state index < -0.39 is 17.6 Å². The summed E-state index contributed by atoms with van der Waals surface area (Å²) in [7, 11) is 0. The molecule has 0 saturated carbocycles. The lowest BCUT2D eigenvalue weighted by Gasteiger charge is -2.08. The Morgan fingerprint density at radius 2 is 1.52 bits per heavy atom. The smallest absolute Gasteiger partial charge is 0.326 e. The number of anilines is 1. The molecule has 1 N–H and O–H groups in total. The van der Waals surface area contributed by atoms with Crippen molar-refractivity contribution in [2.75, 3.05) is 5.32 Å². The van der Waals surface area contributed by atoms with Crippen molar-refractivity contribution in [2.24, 2.45) is 0 Å². The van der Waals surface area contributed by atoms with Crippen LogP contribution in [0.4, 0.5) is 23.2 Å². The van der Waals surface area contributed by atoms with Gasteiger partial charge in [0, 0.05) is 5.69 Å². The summed E-state index contributed by atoms with van der Waals surface area (Å²) in [6, 6.07) is 9.59. The summed E-state index contributed by atoms with van der Waals surface area (Å²) in [5.74, 6) is -0.808. The summed E-state index contributed by atoms with van der Waals surface area (Å²) in [5.41, 5.74) is 0.126. The largest absolute Gasteiger partial charge is 0.416 e. The van der Waals surface area contributed by atoms with Crippen molar-refractivity contribution in [3.63, 3.8) is 0 Å². The number of rotatable bonds is 3. The summed E-state index contributed by atoms with van der Waals surface area (Å²) in [4.78, 5) is 11.7. The van der Waals surface area contributed by atoms with Crippen LogP contribution in [0.3, 0.4) is 0 Å². The fourth-order valence-corrected chi connectivity index (χ4v) is 1.74. The van der Waals surface area contributed by atoms with Crippen molar-refractivity contribution in [1.29, 1.82) is 0 Å². The van der Waals surface area contributed by atoms with Gasteiger partial charge in [-0.15, -0.1) is 0 Å². The van der Waals surface area contributed by atoms with Crippen LogP contribution in [-0.4, -0.2) is 5.91 Å². The molecule has 0 aliphatic heterocycles. The van der Waals surface area contributed by atoms with E-state index in [0.717, 1.165) is 12.1 Å². The third-order valence-corrected chi connectivity index (χ3v) is 2.77. The molecule has 0 aromatic heterocycles. The topological polar surface area (TPSA) is 29.1 Å². The number of nitrogens with one attached hydrogen (secondary N) is 1. The van der Waals surface area contributed by atoms with E-state index in [0.29, 0.717) is 11.3 Å². The van der Waals surface area contributed by atoms with Crippen molar-refractivity contribution < 1.29 is 22.4 Å². The minimum atomic E-state index is -4.39. The highest BCUT2D eigenvalue weighted by Crippen LogP contribution is 2.29. The fourth-order valence-electron chi connectivity index (χ4n) is 1.74. The van der Waals surface area contributed by atoms with E-state index in [1.54, 1.807) is 0 Å². The van der Waals surface area contributed by atoms with Crippen molar-refractivity contribution in [1.82, 2.24) is 0 Å². The molecule has 0 saturated heterocycles. The van der Waals surface area contributed by atoms with Gasteiger partial charge in [0.1, 0.15) is 5.82 Å². The predicted octanol–water partition coefficient (Wildman–Crippen LogP) is 4.03.